The van der Waals surface area contributed by atoms with Crippen molar-refractivity contribution in [3.05, 3.63) is 105 Å². The Labute approximate surface area is 231 Å². The molecule has 188 valence electrons. The minimum absolute atomic E-state index is 0.173. The number of hydrogen-bond donors (Lipinski definition) is 1. The van der Waals surface area contributed by atoms with E-state index in [0.29, 0.717) is 29.2 Å². The summed E-state index contributed by atoms with van der Waals surface area (Å²) in [6, 6.07) is 16.9. The molecule has 1 aliphatic heterocycles. The number of methoxy groups -OCH3 is 1. The predicted molar refractivity (Wildman–Crippen MR) is 149 cm³/mol. The first kappa shape index (κ1) is 26.4. The van der Waals surface area contributed by atoms with Crippen LogP contribution in [0.3, 0.4) is 0 Å². The van der Waals surface area contributed by atoms with Gasteiger partial charge in [-0.1, -0.05) is 44.0 Å². The summed E-state index contributed by atoms with van der Waals surface area (Å²) >= 11 is 6.74. The fourth-order valence-electron chi connectivity index (χ4n) is 3.83. The highest BCUT2D eigenvalue weighted by atomic mass is 79.9. The Morgan fingerprint density at radius 2 is 1.62 bits per heavy atom. The molecule has 3 aromatic rings. The van der Waals surface area contributed by atoms with E-state index in [-0.39, 0.29) is 12.2 Å². The zero-order chi connectivity index (χ0) is 26.5. The van der Waals surface area contributed by atoms with Gasteiger partial charge in [0.25, 0.3) is 11.8 Å². The van der Waals surface area contributed by atoms with Crippen LogP contribution in [-0.2, 0) is 22.6 Å². The van der Waals surface area contributed by atoms with Gasteiger partial charge in [-0.25, -0.2) is 9.69 Å². The van der Waals surface area contributed by atoms with E-state index in [0.717, 1.165) is 25.0 Å². The lowest BCUT2D eigenvalue weighted by Gasteiger charge is -2.26. The van der Waals surface area contributed by atoms with E-state index in [2.05, 4.69) is 43.8 Å². The summed E-state index contributed by atoms with van der Waals surface area (Å²) in [7, 11) is 1.54. The molecule has 3 aromatic carbocycles. The number of rotatable bonds is 8. The Bertz CT molecular complexity index is 1400. The van der Waals surface area contributed by atoms with Gasteiger partial charge >= 0.3 is 6.03 Å². The van der Waals surface area contributed by atoms with E-state index in [1.165, 1.54) is 6.08 Å². The van der Waals surface area contributed by atoms with Gasteiger partial charge < -0.3 is 9.47 Å². The highest BCUT2D eigenvalue weighted by Gasteiger charge is 2.36. The van der Waals surface area contributed by atoms with Crippen molar-refractivity contribution in [1.29, 1.82) is 0 Å². The smallest absolute Gasteiger partial charge is 0.335 e. The third kappa shape index (κ3) is 6.00. The maximum atomic E-state index is 13.2. The van der Waals surface area contributed by atoms with Crippen molar-refractivity contribution in [1.82, 2.24) is 5.32 Å². The minimum atomic E-state index is -0.806. The molecule has 1 fully saturated rings. The van der Waals surface area contributed by atoms with Gasteiger partial charge in [0.15, 0.2) is 0 Å². The zero-order valence-corrected chi connectivity index (χ0v) is 23.0. The van der Waals surface area contributed by atoms with Crippen molar-refractivity contribution >= 4 is 61.5 Å². The number of urea groups is 1. The SMILES string of the molecule is C=CCc1cc(C=C2C(=O)NC(=O)N(c3ccc(Br)cc3)C2=O)cc(OC)c1COc1ccc(Br)cc1. The van der Waals surface area contributed by atoms with Gasteiger partial charge in [0.05, 0.1) is 12.8 Å². The Hall–Kier alpha value is -3.69. The normalized spacial score (nSPS) is 14.5. The third-order valence-electron chi connectivity index (χ3n) is 5.60. The quantitative estimate of drug-likeness (QED) is 0.183. The van der Waals surface area contributed by atoms with E-state index >= 15 is 0 Å². The van der Waals surface area contributed by atoms with Gasteiger partial charge in [0, 0.05) is 14.5 Å². The van der Waals surface area contributed by atoms with Crippen LogP contribution in [0.5, 0.6) is 11.5 Å². The van der Waals surface area contributed by atoms with Gasteiger partial charge in [0.1, 0.15) is 23.7 Å². The van der Waals surface area contributed by atoms with Crippen LogP contribution in [0, 0.1) is 0 Å². The number of ether oxygens (including phenoxy) is 2. The van der Waals surface area contributed by atoms with Gasteiger partial charge in [-0.05, 0) is 78.2 Å². The summed E-state index contributed by atoms with van der Waals surface area (Å²) in [6.45, 7) is 4.09. The minimum Gasteiger partial charge on any atom is -0.496 e. The first-order valence-electron chi connectivity index (χ1n) is 11.2. The molecule has 0 bridgehead atoms. The Balaban J connectivity index is 1.69. The number of barbiturate groups is 1. The van der Waals surface area contributed by atoms with Crippen LogP contribution in [0.4, 0.5) is 10.5 Å². The Morgan fingerprint density at radius 1 is 0.973 bits per heavy atom. The van der Waals surface area contributed by atoms with Crippen molar-refractivity contribution in [3.63, 3.8) is 0 Å². The van der Waals surface area contributed by atoms with Crippen molar-refractivity contribution in [2.75, 3.05) is 12.0 Å². The molecule has 0 atom stereocenters. The van der Waals surface area contributed by atoms with Gasteiger partial charge in [0.2, 0.25) is 0 Å². The highest BCUT2D eigenvalue weighted by molar-refractivity contribution is 9.10. The van der Waals surface area contributed by atoms with Crippen molar-refractivity contribution in [3.8, 4) is 11.5 Å². The first-order chi connectivity index (χ1) is 17.8. The summed E-state index contributed by atoms with van der Waals surface area (Å²) in [5.41, 5.74) is 2.41. The largest absolute Gasteiger partial charge is 0.496 e. The van der Waals surface area contributed by atoms with Gasteiger partial charge in [-0.15, -0.1) is 6.58 Å². The number of anilines is 1. The summed E-state index contributed by atoms with van der Waals surface area (Å²) in [6.07, 6.45) is 3.71. The average molecular weight is 626 g/mol. The molecular formula is C28H22Br2N2O5. The van der Waals surface area contributed by atoms with Crippen LogP contribution in [0.15, 0.2) is 87.8 Å². The number of allylic oxidation sites excluding steroid dienone is 1. The molecule has 0 saturated carbocycles. The van der Waals surface area contributed by atoms with Crippen LogP contribution in [-0.4, -0.2) is 25.0 Å². The lowest BCUT2D eigenvalue weighted by molar-refractivity contribution is -0.122. The fraction of sp³-hybridized carbons (Fsp3) is 0.107. The lowest BCUT2D eigenvalue weighted by atomic mass is 9.98. The van der Waals surface area contributed by atoms with E-state index < -0.39 is 17.8 Å². The number of halogens is 2. The number of carbonyl (C=O) groups excluding carboxylic acids is 3. The molecule has 0 radical (unpaired) electrons. The molecule has 1 saturated heterocycles. The van der Waals surface area contributed by atoms with Crippen LogP contribution in [0.2, 0.25) is 0 Å². The molecule has 0 aliphatic carbocycles. The Kier molecular flexibility index (Phi) is 8.25. The first-order valence-corrected chi connectivity index (χ1v) is 12.8. The number of amides is 4. The van der Waals surface area contributed by atoms with Crippen molar-refractivity contribution < 1.29 is 23.9 Å². The maximum Gasteiger partial charge on any atom is 0.335 e. The van der Waals surface area contributed by atoms with E-state index in [1.807, 2.05) is 30.3 Å². The van der Waals surface area contributed by atoms with Crippen LogP contribution in [0.25, 0.3) is 6.08 Å². The zero-order valence-electron chi connectivity index (χ0n) is 19.8. The summed E-state index contributed by atoms with van der Waals surface area (Å²) in [5.74, 6) is -0.255. The third-order valence-corrected chi connectivity index (χ3v) is 6.66. The van der Waals surface area contributed by atoms with Crippen molar-refractivity contribution in [2.24, 2.45) is 0 Å². The second-order valence-electron chi connectivity index (χ2n) is 8.03. The van der Waals surface area contributed by atoms with Crippen LogP contribution >= 0.6 is 31.9 Å². The molecule has 0 aromatic heterocycles. The molecule has 4 amide bonds. The summed E-state index contributed by atoms with van der Waals surface area (Å²) in [4.78, 5) is 39.3. The number of carbonyl (C=O) groups is 3. The second-order valence-corrected chi connectivity index (χ2v) is 9.86. The van der Waals surface area contributed by atoms with Crippen molar-refractivity contribution in [2.45, 2.75) is 13.0 Å². The lowest BCUT2D eigenvalue weighted by Crippen LogP contribution is -2.54. The van der Waals surface area contributed by atoms with Crippen LogP contribution in [0.1, 0.15) is 16.7 Å². The van der Waals surface area contributed by atoms with Gasteiger partial charge in [-0.2, -0.15) is 0 Å². The summed E-state index contributed by atoms with van der Waals surface area (Å²) in [5, 5.41) is 2.24. The number of benzene rings is 3. The molecule has 37 heavy (non-hydrogen) atoms. The molecule has 1 heterocycles. The second kappa shape index (κ2) is 11.6. The highest BCUT2D eigenvalue weighted by Crippen LogP contribution is 2.30. The molecular weight excluding hydrogens is 604 g/mol. The molecule has 9 heteroatoms. The van der Waals surface area contributed by atoms with E-state index in [4.69, 9.17) is 9.47 Å². The molecule has 0 spiro atoms. The maximum absolute atomic E-state index is 13.2. The molecule has 1 N–H and O–H groups in total. The number of imide groups is 2. The fourth-order valence-corrected chi connectivity index (χ4v) is 4.36. The monoisotopic (exact) mass is 624 g/mol. The summed E-state index contributed by atoms with van der Waals surface area (Å²) < 4.78 is 13.3. The standard InChI is InChI=1S/C28H22Br2N2O5/c1-3-4-18-13-17(15-25(36-2)24(18)16-37-22-11-7-20(30)8-12-22)14-23-26(33)31-28(35)32(27(23)34)21-9-5-19(29)6-10-21/h3,5-15H,1,4,16H2,2H3,(H,31,33,35). The van der Waals surface area contributed by atoms with Crippen LogP contribution < -0.4 is 19.7 Å². The molecule has 7 nitrogen and oxygen atoms in total. The number of hydrogen-bond acceptors (Lipinski definition) is 5. The number of nitrogens with zero attached hydrogens (tertiary/aromatic N) is 1. The predicted octanol–water partition coefficient (Wildman–Crippen LogP) is 6.19. The molecule has 0 unspecified atom stereocenters. The number of nitrogens with one attached hydrogen (secondary N) is 1. The molecule has 4 rings (SSSR count). The van der Waals surface area contributed by atoms with Gasteiger partial charge in [-0.3, -0.25) is 14.9 Å². The average Bonchev–Trinajstić information content (AvgIpc) is 2.88. The molecule has 1 aliphatic rings. The van der Waals surface area contributed by atoms with E-state index in [9.17, 15) is 14.4 Å². The van der Waals surface area contributed by atoms with E-state index in [1.54, 1.807) is 43.5 Å². The topological polar surface area (TPSA) is 84.9 Å². The Morgan fingerprint density at radius 3 is 2.24 bits per heavy atom.